The lowest BCUT2D eigenvalue weighted by atomic mass is 9.90. The molecule has 2 aliphatic carbocycles. The Morgan fingerprint density at radius 1 is 1.36 bits per heavy atom. The van der Waals surface area contributed by atoms with E-state index in [0.717, 1.165) is 11.8 Å². The Morgan fingerprint density at radius 3 is 2.91 bits per heavy atom. The second-order valence-electron chi connectivity index (χ2n) is 4.28. The molecule has 3 aliphatic rings. The van der Waals surface area contributed by atoms with Gasteiger partial charge >= 0.3 is 0 Å². The molecule has 2 atom stereocenters. The summed E-state index contributed by atoms with van der Waals surface area (Å²) in [4.78, 5) is 0. The normalized spacial score (nSPS) is 45.2. The molecule has 11 heavy (non-hydrogen) atoms. The number of nitrogens with zero attached hydrogens (tertiary/aromatic N) is 1. The van der Waals surface area contributed by atoms with Crippen molar-refractivity contribution < 1.29 is 0 Å². The Labute approximate surface area is 81.3 Å². The maximum Gasteiger partial charge on any atom is 0.0201 e. The maximum atomic E-state index is 2.48. The smallest absolute Gasteiger partial charge is 0.0201 e. The predicted molar refractivity (Wildman–Crippen MR) is 53.4 cm³/mol. The molecule has 0 N–H and O–H groups in total. The van der Waals surface area contributed by atoms with Crippen molar-refractivity contribution in [3.8, 4) is 0 Å². The standard InChI is InChI=1S/C9H12IN/c10-11-5-7-3-8(6-11)9(4-7)1-2-9/h1-2,7-8H,3-6H2. The fraction of sp³-hybridized carbons (Fsp3) is 0.778. The fourth-order valence-corrected chi connectivity index (χ4v) is 3.90. The Balaban J connectivity index is 1.87. The number of fused-ring (bicyclic) bond motifs is 3. The minimum atomic E-state index is 0.630. The third-order valence-corrected chi connectivity index (χ3v) is 4.28. The van der Waals surface area contributed by atoms with Gasteiger partial charge in [-0.15, -0.1) is 0 Å². The highest BCUT2D eigenvalue weighted by molar-refractivity contribution is 14.1. The molecule has 2 fully saturated rings. The summed E-state index contributed by atoms with van der Waals surface area (Å²) in [5, 5.41) is 0. The zero-order chi connectivity index (χ0) is 7.47. The monoisotopic (exact) mass is 261 g/mol. The Bertz CT molecular complexity index is 218. The van der Waals surface area contributed by atoms with E-state index in [1.807, 2.05) is 0 Å². The lowest BCUT2D eigenvalue weighted by Gasteiger charge is -2.27. The van der Waals surface area contributed by atoms with Gasteiger partial charge in [-0.3, -0.25) is 0 Å². The Morgan fingerprint density at radius 2 is 2.18 bits per heavy atom. The fourth-order valence-electron chi connectivity index (χ4n) is 2.86. The molecule has 3 rings (SSSR count). The van der Waals surface area contributed by atoms with Gasteiger partial charge < -0.3 is 0 Å². The quantitative estimate of drug-likeness (QED) is 0.367. The van der Waals surface area contributed by atoms with Gasteiger partial charge in [0.2, 0.25) is 0 Å². The van der Waals surface area contributed by atoms with Gasteiger partial charge in [-0.1, -0.05) is 12.2 Å². The van der Waals surface area contributed by atoms with E-state index in [1.165, 1.54) is 25.9 Å². The largest absolute Gasteiger partial charge is 0.247 e. The molecule has 2 bridgehead atoms. The summed E-state index contributed by atoms with van der Waals surface area (Å²) in [6, 6.07) is 0. The van der Waals surface area contributed by atoms with E-state index in [1.54, 1.807) is 0 Å². The van der Waals surface area contributed by atoms with E-state index in [4.69, 9.17) is 0 Å². The summed E-state index contributed by atoms with van der Waals surface area (Å²) in [7, 11) is 0. The molecule has 1 nitrogen and oxygen atoms in total. The van der Waals surface area contributed by atoms with Crippen LogP contribution >= 0.6 is 22.9 Å². The maximum absolute atomic E-state index is 2.48. The van der Waals surface area contributed by atoms with Crippen LogP contribution in [0.5, 0.6) is 0 Å². The number of piperidine rings is 1. The number of halogens is 1. The van der Waals surface area contributed by atoms with Crippen molar-refractivity contribution in [2.45, 2.75) is 12.8 Å². The Hall–Kier alpha value is 0.430. The highest BCUT2D eigenvalue weighted by Crippen LogP contribution is 2.58. The van der Waals surface area contributed by atoms with Crippen molar-refractivity contribution in [1.82, 2.24) is 3.11 Å². The van der Waals surface area contributed by atoms with Crippen LogP contribution in [0.15, 0.2) is 12.2 Å². The highest BCUT2D eigenvalue weighted by Gasteiger charge is 2.52. The summed E-state index contributed by atoms with van der Waals surface area (Å²) < 4.78 is 2.48. The van der Waals surface area contributed by atoms with E-state index in [-0.39, 0.29) is 0 Å². The third kappa shape index (κ3) is 0.917. The van der Waals surface area contributed by atoms with Gasteiger partial charge in [-0.05, 0) is 24.7 Å². The van der Waals surface area contributed by atoms with Crippen molar-refractivity contribution in [3.05, 3.63) is 12.2 Å². The molecule has 60 valence electrons. The van der Waals surface area contributed by atoms with Crippen molar-refractivity contribution in [2.75, 3.05) is 13.1 Å². The first-order chi connectivity index (χ1) is 5.28. The highest BCUT2D eigenvalue weighted by atomic mass is 127. The average Bonchev–Trinajstić information content (AvgIpc) is 2.63. The van der Waals surface area contributed by atoms with Crippen LogP contribution in [0.3, 0.4) is 0 Å². The third-order valence-electron chi connectivity index (χ3n) is 3.49. The molecular weight excluding hydrogens is 249 g/mol. The summed E-state index contributed by atoms with van der Waals surface area (Å²) in [6.45, 7) is 2.66. The predicted octanol–water partition coefficient (Wildman–Crippen LogP) is 2.23. The first-order valence-electron chi connectivity index (χ1n) is 4.40. The number of hydrogen-bond donors (Lipinski definition) is 0. The van der Waals surface area contributed by atoms with Gasteiger partial charge in [-0.2, -0.15) is 0 Å². The van der Waals surface area contributed by atoms with Crippen LogP contribution in [0.2, 0.25) is 0 Å². The van der Waals surface area contributed by atoms with Crippen molar-refractivity contribution in [1.29, 1.82) is 0 Å². The first-order valence-corrected chi connectivity index (χ1v) is 5.36. The van der Waals surface area contributed by atoms with Gasteiger partial charge in [0, 0.05) is 41.4 Å². The first kappa shape index (κ1) is 6.89. The van der Waals surface area contributed by atoms with E-state index in [0.29, 0.717) is 5.41 Å². The summed E-state index contributed by atoms with van der Waals surface area (Å²) >= 11 is 2.48. The second-order valence-corrected chi connectivity index (χ2v) is 5.64. The van der Waals surface area contributed by atoms with Crippen molar-refractivity contribution >= 4 is 22.9 Å². The molecule has 0 aromatic heterocycles. The van der Waals surface area contributed by atoms with Gasteiger partial charge in [-0.25, -0.2) is 3.11 Å². The van der Waals surface area contributed by atoms with E-state index in [2.05, 4.69) is 38.1 Å². The topological polar surface area (TPSA) is 3.24 Å². The van der Waals surface area contributed by atoms with Gasteiger partial charge in [0.25, 0.3) is 0 Å². The lowest BCUT2D eigenvalue weighted by molar-refractivity contribution is 0.280. The van der Waals surface area contributed by atoms with Gasteiger partial charge in [0.15, 0.2) is 0 Å². The molecule has 2 unspecified atom stereocenters. The second kappa shape index (κ2) is 2.02. The number of hydrogen-bond acceptors (Lipinski definition) is 1. The minimum Gasteiger partial charge on any atom is -0.247 e. The average molecular weight is 261 g/mol. The van der Waals surface area contributed by atoms with Crippen LogP contribution < -0.4 is 0 Å². The molecule has 1 heterocycles. The Kier molecular flexibility index (Phi) is 1.27. The molecule has 1 saturated heterocycles. The zero-order valence-corrected chi connectivity index (χ0v) is 8.62. The molecule has 1 spiro atoms. The van der Waals surface area contributed by atoms with Crippen LogP contribution in [0, 0.1) is 17.3 Å². The van der Waals surface area contributed by atoms with Crippen LogP contribution in [-0.2, 0) is 0 Å². The van der Waals surface area contributed by atoms with E-state index >= 15 is 0 Å². The van der Waals surface area contributed by atoms with E-state index < -0.39 is 0 Å². The molecule has 2 heteroatoms. The SMILES string of the molecule is IN1CC2CC(C1)C1(C=C1)C2. The van der Waals surface area contributed by atoms with Crippen LogP contribution in [0.25, 0.3) is 0 Å². The van der Waals surface area contributed by atoms with Crippen molar-refractivity contribution in [3.63, 3.8) is 0 Å². The lowest BCUT2D eigenvalue weighted by Crippen LogP contribution is -2.30. The molecule has 1 aliphatic heterocycles. The molecule has 0 amide bonds. The minimum absolute atomic E-state index is 0.630. The van der Waals surface area contributed by atoms with Crippen LogP contribution in [-0.4, -0.2) is 16.2 Å². The number of allylic oxidation sites excluding steroid dienone is 2. The summed E-state index contributed by atoms with van der Waals surface area (Å²) in [6.07, 6.45) is 7.82. The molecule has 0 radical (unpaired) electrons. The van der Waals surface area contributed by atoms with Crippen LogP contribution in [0.1, 0.15) is 12.8 Å². The molecule has 0 aromatic rings. The van der Waals surface area contributed by atoms with Crippen molar-refractivity contribution in [2.24, 2.45) is 17.3 Å². The zero-order valence-electron chi connectivity index (χ0n) is 6.46. The van der Waals surface area contributed by atoms with Crippen LogP contribution in [0.4, 0.5) is 0 Å². The van der Waals surface area contributed by atoms with E-state index in [9.17, 15) is 0 Å². The molecule has 1 saturated carbocycles. The van der Waals surface area contributed by atoms with Gasteiger partial charge in [0.1, 0.15) is 0 Å². The molecule has 0 aromatic carbocycles. The number of rotatable bonds is 0. The summed E-state index contributed by atoms with van der Waals surface area (Å²) in [5.74, 6) is 1.97. The van der Waals surface area contributed by atoms with Gasteiger partial charge in [0.05, 0.1) is 0 Å². The molecular formula is C9H12IN. The summed E-state index contributed by atoms with van der Waals surface area (Å²) in [5.41, 5.74) is 0.630.